The third-order valence-corrected chi connectivity index (χ3v) is 6.91. The van der Waals surface area contributed by atoms with Crippen LogP contribution in [0.3, 0.4) is 0 Å². The summed E-state index contributed by atoms with van der Waals surface area (Å²) in [7, 11) is 3.41. The average Bonchev–Trinajstić information content (AvgIpc) is 3.20. The Bertz CT molecular complexity index is 1060. The Hall–Kier alpha value is -3.24. The molecular formula is C24H32FN5O5. The van der Waals surface area contributed by atoms with Crippen molar-refractivity contribution >= 4 is 12.1 Å². The van der Waals surface area contributed by atoms with Crippen LogP contribution >= 0.6 is 0 Å². The molecule has 190 valence electrons. The van der Waals surface area contributed by atoms with Crippen molar-refractivity contribution in [3.63, 3.8) is 0 Å². The zero-order valence-corrected chi connectivity index (χ0v) is 20.2. The number of carboxylic acids is 1. The Morgan fingerprint density at radius 1 is 1.23 bits per heavy atom. The molecule has 4 rings (SSSR count). The van der Waals surface area contributed by atoms with Gasteiger partial charge in [-0.05, 0) is 56.6 Å². The molecule has 0 radical (unpaired) electrons. The summed E-state index contributed by atoms with van der Waals surface area (Å²) in [5.41, 5.74) is 1.43. The third-order valence-electron chi connectivity index (χ3n) is 6.91. The minimum Gasteiger partial charge on any atom is -0.488 e. The van der Waals surface area contributed by atoms with Crippen LogP contribution in [-0.2, 0) is 29.9 Å². The van der Waals surface area contributed by atoms with E-state index < -0.39 is 24.7 Å². The molecule has 2 fully saturated rings. The number of aliphatic carboxylic acids is 1. The molecule has 2 atom stereocenters. The summed E-state index contributed by atoms with van der Waals surface area (Å²) in [5, 5.41) is 17.5. The fourth-order valence-electron chi connectivity index (χ4n) is 4.59. The Kier molecular flexibility index (Phi) is 7.82. The van der Waals surface area contributed by atoms with Crippen molar-refractivity contribution < 1.29 is 28.6 Å². The molecular weight excluding hydrogens is 457 g/mol. The van der Waals surface area contributed by atoms with Gasteiger partial charge in [0.25, 0.3) is 0 Å². The number of carbonyl (C=O) groups excluding carboxylic acids is 1. The maximum absolute atomic E-state index is 13.9. The van der Waals surface area contributed by atoms with Crippen molar-refractivity contribution in [2.45, 2.75) is 64.3 Å². The monoisotopic (exact) mass is 489 g/mol. The number of aryl methyl sites for hydroxylation is 1. The second-order valence-corrected chi connectivity index (χ2v) is 9.46. The topological polar surface area (TPSA) is 120 Å². The summed E-state index contributed by atoms with van der Waals surface area (Å²) >= 11 is 0. The molecule has 2 heterocycles. The minimum absolute atomic E-state index is 0.0454. The van der Waals surface area contributed by atoms with Gasteiger partial charge in [-0.3, -0.25) is 4.79 Å². The van der Waals surface area contributed by atoms with Crippen LogP contribution in [0.25, 0.3) is 11.4 Å². The smallest absolute Gasteiger partial charge is 0.409 e. The van der Waals surface area contributed by atoms with E-state index in [2.05, 4.69) is 15.3 Å². The summed E-state index contributed by atoms with van der Waals surface area (Å²) in [6.45, 7) is -0.225. The highest BCUT2D eigenvalue weighted by Gasteiger charge is 2.29. The first-order valence-corrected chi connectivity index (χ1v) is 12.1. The number of pyridine rings is 1. The molecule has 35 heavy (non-hydrogen) atoms. The molecule has 2 aliphatic carbocycles. The van der Waals surface area contributed by atoms with E-state index in [0.29, 0.717) is 54.6 Å². The first-order chi connectivity index (χ1) is 16.9. The quantitative estimate of drug-likeness (QED) is 0.566. The van der Waals surface area contributed by atoms with Crippen LogP contribution in [0, 0.1) is 11.8 Å². The van der Waals surface area contributed by atoms with Crippen LogP contribution in [-0.4, -0.2) is 61.7 Å². The lowest BCUT2D eigenvalue weighted by molar-refractivity contribution is -0.143. The van der Waals surface area contributed by atoms with Gasteiger partial charge in [0.05, 0.1) is 17.7 Å². The Morgan fingerprint density at radius 3 is 2.69 bits per heavy atom. The zero-order chi connectivity index (χ0) is 24.9. The van der Waals surface area contributed by atoms with E-state index in [0.717, 1.165) is 19.3 Å². The van der Waals surface area contributed by atoms with Crippen LogP contribution in [0.1, 0.15) is 56.3 Å². The van der Waals surface area contributed by atoms with Gasteiger partial charge in [0.1, 0.15) is 36.1 Å². The number of halogens is 1. The number of alkyl halides is 1. The van der Waals surface area contributed by atoms with Crippen molar-refractivity contribution in [1.82, 2.24) is 24.9 Å². The van der Waals surface area contributed by atoms with E-state index in [4.69, 9.17) is 9.47 Å². The molecule has 10 nitrogen and oxygen atoms in total. The maximum Gasteiger partial charge on any atom is 0.409 e. The molecule has 0 bridgehead atoms. The molecule has 0 aromatic carbocycles. The van der Waals surface area contributed by atoms with Gasteiger partial charge < -0.3 is 19.5 Å². The number of nitrogens with zero attached hydrogens (tertiary/aromatic N) is 5. The SMILES string of the molecule is CN(CC1CCC1)C(=O)OCc1c(-c2ccc(OC3CCC[C@H](C(=O)O)C3)c(CF)n2)nnn1C. The van der Waals surface area contributed by atoms with Crippen LogP contribution in [0.2, 0.25) is 0 Å². The predicted molar refractivity (Wildman–Crippen MR) is 123 cm³/mol. The highest BCUT2D eigenvalue weighted by molar-refractivity contribution is 5.70. The number of amides is 1. The van der Waals surface area contributed by atoms with Gasteiger partial charge in [0.15, 0.2) is 0 Å². The second-order valence-electron chi connectivity index (χ2n) is 9.46. The molecule has 0 aliphatic heterocycles. The molecule has 2 aliphatic rings. The first kappa shape index (κ1) is 24.9. The predicted octanol–water partition coefficient (Wildman–Crippen LogP) is 3.74. The van der Waals surface area contributed by atoms with Gasteiger partial charge in [0.2, 0.25) is 0 Å². The van der Waals surface area contributed by atoms with E-state index in [1.165, 1.54) is 11.1 Å². The van der Waals surface area contributed by atoms with Gasteiger partial charge in [-0.25, -0.2) is 18.9 Å². The summed E-state index contributed by atoms with van der Waals surface area (Å²) < 4.78 is 26.8. The highest BCUT2D eigenvalue weighted by Crippen LogP contribution is 2.31. The van der Waals surface area contributed by atoms with Crippen LogP contribution in [0.5, 0.6) is 5.75 Å². The summed E-state index contributed by atoms with van der Waals surface area (Å²) in [5.74, 6) is -0.453. The Labute approximate surface area is 203 Å². The van der Waals surface area contributed by atoms with Crippen molar-refractivity contribution in [2.75, 3.05) is 13.6 Å². The summed E-state index contributed by atoms with van der Waals surface area (Å²) in [6, 6.07) is 3.28. The van der Waals surface area contributed by atoms with Crippen LogP contribution < -0.4 is 4.74 Å². The number of hydrogen-bond donors (Lipinski definition) is 1. The lowest BCUT2D eigenvalue weighted by Gasteiger charge is -2.29. The van der Waals surface area contributed by atoms with Gasteiger partial charge in [-0.1, -0.05) is 11.6 Å². The molecule has 2 aromatic heterocycles. The van der Waals surface area contributed by atoms with E-state index in [1.54, 1.807) is 31.1 Å². The van der Waals surface area contributed by atoms with Crippen LogP contribution in [0.15, 0.2) is 12.1 Å². The Balaban J connectivity index is 1.44. The lowest BCUT2D eigenvalue weighted by Crippen LogP contribution is -2.34. The van der Waals surface area contributed by atoms with Gasteiger partial charge in [0, 0.05) is 20.6 Å². The van der Waals surface area contributed by atoms with Gasteiger partial charge >= 0.3 is 12.1 Å². The van der Waals surface area contributed by atoms with Gasteiger partial charge in [-0.2, -0.15) is 0 Å². The zero-order valence-electron chi connectivity index (χ0n) is 20.2. The van der Waals surface area contributed by atoms with Crippen molar-refractivity contribution in [1.29, 1.82) is 0 Å². The van der Waals surface area contributed by atoms with Crippen molar-refractivity contribution in [2.24, 2.45) is 18.9 Å². The van der Waals surface area contributed by atoms with Crippen molar-refractivity contribution in [3.8, 4) is 17.1 Å². The average molecular weight is 490 g/mol. The number of aromatic nitrogens is 4. The fourth-order valence-corrected chi connectivity index (χ4v) is 4.59. The van der Waals surface area contributed by atoms with Crippen LogP contribution in [0.4, 0.5) is 9.18 Å². The summed E-state index contributed by atoms with van der Waals surface area (Å²) in [6.07, 6.45) is 5.23. The minimum atomic E-state index is -0.852. The number of carbonyl (C=O) groups is 2. The number of hydrogen-bond acceptors (Lipinski definition) is 7. The Morgan fingerprint density at radius 2 is 2.00 bits per heavy atom. The van der Waals surface area contributed by atoms with E-state index in [-0.39, 0.29) is 18.4 Å². The molecule has 2 saturated carbocycles. The molecule has 2 aromatic rings. The standard InChI is InChI=1S/C24H32FN5O5/c1-29(13-15-5-3-6-15)24(33)34-14-20-22(27-28-30(20)2)18-9-10-21(19(12-25)26-18)35-17-8-4-7-16(11-17)23(31)32/h9-10,15-17H,3-8,11-14H2,1-2H3,(H,31,32)/t16-,17?/m0/s1. The lowest BCUT2D eigenvalue weighted by atomic mass is 9.85. The number of ether oxygens (including phenoxy) is 2. The van der Waals surface area contributed by atoms with E-state index >= 15 is 0 Å². The molecule has 0 saturated heterocycles. The number of rotatable bonds is 9. The van der Waals surface area contributed by atoms with E-state index in [1.807, 2.05) is 0 Å². The van der Waals surface area contributed by atoms with E-state index in [9.17, 15) is 19.1 Å². The largest absolute Gasteiger partial charge is 0.488 e. The maximum atomic E-state index is 13.9. The number of carboxylic acid groups (broad SMARTS) is 1. The van der Waals surface area contributed by atoms with Crippen molar-refractivity contribution in [3.05, 3.63) is 23.5 Å². The molecule has 11 heteroatoms. The molecule has 1 amide bonds. The summed E-state index contributed by atoms with van der Waals surface area (Å²) in [4.78, 5) is 29.7. The second kappa shape index (κ2) is 11.0. The molecule has 1 unspecified atom stereocenters. The van der Waals surface area contributed by atoms with Gasteiger partial charge in [-0.15, -0.1) is 5.10 Å². The highest BCUT2D eigenvalue weighted by atomic mass is 19.1. The third kappa shape index (κ3) is 5.88. The first-order valence-electron chi connectivity index (χ1n) is 12.1. The molecule has 0 spiro atoms. The molecule has 1 N–H and O–H groups in total. The normalized spacial score (nSPS) is 20.2. The fraction of sp³-hybridized carbons (Fsp3) is 0.625.